The van der Waals surface area contributed by atoms with E-state index < -0.39 is 12.1 Å². The standard InChI is InChI=1S/C17H15Cl2F2N5O.ClH/c1-26-12(10-4-2-3-5-11(10)18)8-13(25-26)27-7-6-22-17-14(19)15(16(20)21)23-9-24-17;/h2-5,8-9,16H,6-7H2,1H3,(H,22,23,24);1H. The van der Waals surface area contributed by atoms with Gasteiger partial charge >= 0.3 is 0 Å². The average molecular weight is 451 g/mol. The van der Waals surface area contributed by atoms with Gasteiger partial charge in [-0.1, -0.05) is 41.4 Å². The predicted octanol–water partition coefficient (Wildman–Crippen LogP) is 5.03. The van der Waals surface area contributed by atoms with E-state index in [4.69, 9.17) is 27.9 Å². The van der Waals surface area contributed by atoms with Crippen molar-refractivity contribution in [3.05, 3.63) is 52.4 Å². The molecule has 28 heavy (non-hydrogen) atoms. The quantitative estimate of drug-likeness (QED) is 0.511. The molecule has 0 fully saturated rings. The molecule has 0 spiro atoms. The number of ether oxygens (including phenoxy) is 1. The molecule has 2 aromatic heterocycles. The van der Waals surface area contributed by atoms with E-state index in [1.165, 1.54) is 0 Å². The lowest BCUT2D eigenvalue weighted by Gasteiger charge is -2.09. The first-order chi connectivity index (χ1) is 13.0. The number of benzene rings is 1. The number of nitrogens with one attached hydrogen (secondary N) is 1. The van der Waals surface area contributed by atoms with Crippen LogP contribution in [0.15, 0.2) is 36.7 Å². The van der Waals surface area contributed by atoms with Crippen LogP contribution < -0.4 is 10.1 Å². The average Bonchev–Trinajstić information content (AvgIpc) is 3.00. The Morgan fingerprint density at radius 3 is 2.68 bits per heavy atom. The van der Waals surface area contributed by atoms with Gasteiger partial charge in [-0.25, -0.2) is 18.7 Å². The highest BCUT2D eigenvalue weighted by atomic mass is 35.5. The second-order valence-corrected chi connectivity index (χ2v) is 6.25. The van der Waals surface area contributed by atoms with Crippen LogP contribution >= 0.6 is 35.6 Å². The monoisotopic (exact) mass is 449 g/mol. The molecule has 0 atom stereocenters. The van der Waals surface area contributed by atoms with Crippen molar-refractivity contribution < 1.29 is 13.5 Å². The van der Waals surface area contributed by atoms with E-state index in [2.05, 4.69) is 20.4 Å². The molecule has 3 rings (SSSR count). The van der Waals surface area contributed by atoms with E-state index >= 15 is 0 Å². The fourth-order valence-corrected chi connectivity index (χ4v) is 2.90. The fraction of sp³-hybridized carbons (Fsp3) is 0.235. The summed E-state index contributed by atoms with van der Waals surface area (Å²) in [5.74, 6) is 0.541. The lowest BCUT2D eigenvalue weighted by atomic mass is 10.1. The van der Waals surface area contributed by atoms with Crippen LogP contribution in [-0.4, -0.2) is 32.9 Å². The molecule has 150 valence electrons. The number of aryl methyl sites for hydroxylation is 1. The van der Waals surface area contributed by atoms with Gasteiger partial charge in [-0.2, -0.15) is 0 Å². The number of halogens is 5. The van der Waals surface area contributed by atoms with E-state index in [9.17, 15) is 8.78 Å². The highest BCUT2D eigenvalue weighted by molar-refractivity contribution is 6.33. The maximum atomic E-state index is 12.8. The van der Waals surface area contributed by atoms with Gasteiger partial charge in [0.05, 0.1) is 12.2 Å². The van der Waals surface area contributed by atoms with Crippen LogP contribution in [0.2, 0.25) is 10.0 Å². The van der Waals surface area contributed by atoms with Crippen molar-refractivity contribution in [1.29, 1.82) is 0 Å². The van der Waals surface area contributed by atoms with Gasteiger partial charge in [0.25, 0.3) is 6.43 Å². The van der Waals surface area contributed by atoms with Crippen molar-refractivity contribution >= 4 is 41.4 Å². The van der Waals surface area contributed by atoms with E-state index in [1.54, 1.807) is 23.9 Å². The summed E-state index contributed by atoms with van der Waals surface area (Å²) < 4.78 is 32.8. The van der Waals surface area contributed by atoms with E-state index in [1.807, 2.05) is 18.2 Å². The number of nitrogens with zero attached hydrogens (tertiary/aromatic N) is 4. The van der Waals surface area contributed by atoms with Gasteiger partial charge in [0.2, 0.25) is 5.88 Å². The van der Waals surface area contributed by atoms with E-state index in [0.717, 1.165) is 17.6 Å². The molecular formula is C17H16Cl3F2N5O. The summed E-state index contributed by atoms with van der Waals surface area (Å²) in [5, 5.41) is 7.54. The summed E-state index contributed by atoms with van der Waals surface area (Å²) in [5.41, 5.74) is 1.14. The summed E-state index contributed by atoms with van der Waals surface area (Å²) in [6.45, 7) is 0.515. The summed E-state index contributed by atoms with van der Waals surface area (Å²) in [6, 6.07) is 9.20. The molecule has 1 aromatic carbocycles. The Balaban J connectivity index is 0.00000280. The Labute approximate surface area is 176 Å². The van der Waals surface area contributed by atoms with Crippen molar-refractivity contribution in [3.8, 4) is 17.1 Å². The molecule has 2 heterocycles. The van der Waals surface area contributed by atoms with E-state index in [-0.39, 0.29) is 36.4 Å². The normalized spacial score (nSPS) is 10.6. The second-order valence-electron chi connectivity index (χ2n) is 5.47. The minimum atomic E-state index is -2.77. The van der Waals surface area contributed by atoms with E-state index in [0.29, 0.717) is 10.9 Å². The number of alkyl halides is 2. The van der Waals surface area contributed by atoms with Crippen LogP contribution in [0, 0.1) is 0 Å². The van der Waals surface area contributed by atoms with Crippen LogP contribution in [0.25, 0.3) is 11.3 Å². The van der Waals surface area contributed by atoms with Crippen LogP contribution in [0.1, 0.15) is 12.1 Å². The van der Waals surface area contributed by atoms with Crippen molar-refractivity contribution in [2.45, 2.75) is 6.43 Å². The maximum absolute atomic E-state index is 12.8. The van der Waals surface area contributed by atoms with Crippen molar-refractivity contribution in [2.24, 2.45) is 7.05 Å². The van der Waals surface area contributed by atoms with Crippen LogP contribution in [0.3, 0.4) is 0 Å². The zero-order valence-electron chi connectivity index (χ0n) is 14.6. The first kappa shape index (κ1) is 22.1. The summed E-state index contributed by atoms with van der Waals surface area (Å²) >= 11 is 12.1. The molecule has 0 amide bonds. The third-order valence-corrected chi connectivity index (χ3v) is 4.38. The number of aromatic nitrogens is 4. The van der Waals surface area contributed by atoms with Gasteiger partial charge in [0.15, 0.2) is 0 Å². The topological polar surface area (TPSA) is 64.9 Å². The Bertz CT molecular complexity index is 939. The van der Waals surface area contributed by atoms with Crippen molar-refractivity contribution in [3.63, 3.8) is 0 Å². The summed E-state index contributed by atoms with van der Waals surface area (Å²) in [4.78, 5) is 7.33. The largest absolute Gasteiger partial charge is 0.475 e. The number of rotatable bonds is 7. The number of hydrogen-bond donors (Lipinski definition) is 1. The molecule has 0 saturated carbocycles. The molecule has 0 radical (unpaired) electrons. The molecule has 0 unspecified atom stereocenters. The van der Waals surface area contributed by atoms with Gasteiger partial charge in [-0.15, -0.1) is 17.5 Å². The third-order valence-electron chi connectivity index (χ3n) is 3.67. The fourth-order valence-electron chi connectivity index (χ4n) is 2.42. The maximum Gasteiger partial charge on any atom is 0.282 e. The van der Waals surface area contributed by atoms with Gasteiger partial charge in [0, 0.05) is 23.7 Å². The summed E-state index contributed by atoms with van der Waals surface area (Å²) in [7, 11) is 1.79. The molecule has 6 nitrogen and oxygen atoms in total. The minimum absolute atomic E-state index is 0. The molecule has 1 N–H and O–H groups in total. The molecule has 0 saturated heterocycles. The molecule has 0 aliphatic rings. The predicted molar refractivity (Wildman–Crippen MR) is 107 cm³/mol. The molecule has 0 aliphatic heterocycles. The van der Waals surface area contributed by atoms with Crippen molar-refractivity contribution in [2.75, 3.05) is 18.5 Å². The zero-order chi connectivity index (χ0) is 19.4. The zero-order valence-corrected chi connectivity index (χ0v) is 16.9. The van der Waals surface area contributed by atoms with Gasteiger partial charge in [0.1, 0.15) is 29.5 Å². The summed E-state index contributed by atoms with van der Waals surface area (Å²) in [6.07, 6.45) is -1.74. The van der Waals surface area contributed by atoms with Crippen molar-refractivity contribution in [1.82, 2.24) is 19.7 Å². The Kier molecular flexibility index (Phi) is 7.79. The number of hydrogen-bond acceptors (Lipinski definition) is 5. The van der Waals surface area contributed by atoms with Gasteiger partial charge < -0.3 is 10.1 Å². The Morgan fingerprint density at radius 2 is 1.96 bits per heavy atom. The number of anilines is 1. The SMILES string of the molecule is Cl.Cn1nc(OCCNc2ncnc(C(F)F)c2Cl)cc1-c1ccccc1Cl. The lowest BCUT2D eigenvalue weighted by molar-refractivity contribution is 0.146. The van der Waals surface area contributed by atoms with Crippen LogP contribution in [0.4, 0.5) is 14.6 Å². The highest BCUT2D eigenvalue weighted by Gasteiger charge is 2.17. The second kappa shape index (κ2) is 9.86. The third kappa shape index (κ3) is 5.01. The molecule has 3 aromatic rings. The molecule has 0 aliphatic carbocycles. The first-order valence-electron chi connectivity index (χ1n) is 7.91. The first-order valence-corrected chi connectivity index (χ1v) is 8.67. The van der Waals surface area contributed by atoms with Crippen LogP contribution in [-0.2, 0) is 7.05 Å². The lowest BCUT2D eigenvalue weighted by Crippen LogP contribution is -2.13. The minimum Gasteiger partial charge on any atom is -0.475 e. The molecular weight excluding hydrogens is 435 g/mol. The Morgan fingerprint density at radius 1 is 1.21 bits per heavy atom. The van der Waals surface area contributed by atoms with Gasteiger partial charge in [-0.3, -0.25) is 4.68 Å². The van der Waals surface area contributed by atoms with Gasteiger partial charge in [-0.05, 0) is 6.07 Å². The smallest absolute Gasteiger partial charge is 0.282 e. The highest BCUT2D eigenvalue weighted by Crippen LogP contribution is 2.30. The molecule has 0 bridgehead atoms. The van der Waals surface area contributed by atoms with Crippen LogP contribution in [0.5, 0.6) is 5.88 Å². The Hall–Kier alpha value is -2.16. The molecule has 11 heteroatoms.